The van der Waals surface area contributed by atoms with Crippen LogP contribution in [0.15, 0.2) is 36.7 Å². The average Bonchev–Trinajstić information content (AvgIpc) is 2.92. The molecule has 0 atom stereocenters. The van der Waals surface area contributed by atoms with Crippen LogP contribution in [0.3, 0.4) is 0 Å². The van der Waals surface area contributed by atoms with Gasteiger partial charge in [-0.15, -0.1) is 0 Å². The summed E-state index contributed by atoms with van der Waals surface area (Å²) in [5, 5.41) is 16.3. The Morgan fingerprint density at radius 2 is 2.39 bits per heavy atom. The third-order valence-electron chi connectivity index (χ3n) is 2.56. The highest BCUT2D eigenvalue weighted by molar-refractivity contribution is 5.60. The van der Waals surface area contributed by atoms with Gasteiger partial charge < -0.3 is 10.1 Å². The van der Waals surface area contributed by atoms with Gasteiger partial charge in [0.2, 0.25) is 0 Å². The summed E-state index contributed by atoms with van der Waals surface area (Å²) in [6, 6.07) is 9.37. The number of methoxy groups -OCH3 is 1. The van der Waals surface area contributed by atoms with Crippen molar-refractivity contribution in [3.63, 3.8) is 0 Å². The predicted octanol–water partition coefficient (Wildman–Crippen LogP) is 1.88. The molecule has 0 fully saturated rings. The molecule has 0 unspecified atom stereocenters. The number of hydrogen-bond acceptors (Lipinski definition) is 4. The quantitative estimate of drug-likeness (QED) is 0.869. The molecule has 1 N–H and O–H groups in total. The number of nitrogens with zero attached hydrogens (tertiary/aromatic N) is 3. The Kier molecular flexibility index (Phi) is 3.82. The molecule has 0 aliphatic heterocycles. The van der Waals surface area contributed by atoms with Crippen LogP contribution < -0.4 is 10.1 Å². The first-order valence-electron chi connectivity index (χ1n) is 5.63. The van der Waals surface area contributed by atoms with Crippen LogP contribution in [0.1, 0.15) is 5.56 Å². The van der Waals surface area contributed by atoms with E-state index in [1.165, 1.54) is 0 Å². The molecule has 1 aromatic carbocycles. The van der Waals surface area contributed by atoms with Gasteiger partial charge >= 0.3 is 0 Å². The van der Waals surface area contributed by atoms with Crippen LogP contribution in [-0.2, 0) is 6.54 Å². The van der Waals surface area contributed by atoms with Crippen LogP contribution in [0.5, 0.6) is 5.75 Å². The second-order valence-corrected chi connectivity index (χ2v) is 3.72. The molecule has 92 valence electrons. The molecule has 2 aromatic rings. The zero-order chi connectivity index (χ0) is 12.8. The molecule has 0 saturated heterocycles. The van der Waals surface area contributed by atoms with Gasteiger partial charge in [0.1, 0.15) is 11.8 Å². The fourth-order valence-electron chi connectivity index (χ4n) is 1.63. The van der Waals surface area contributed by atoms with Gasteiger partial charge in [-0.05, 0) is 18.2 Å². The van der Waals surface area contributed by atoms with Crippen LogP contribution in [0.2, 0.25) is 0 Å². The maximum Gasteiger partial charge on any atom is 0.121 e. The minimum absolute atomic E-state index is 0.608. The maximum atomic E-state index is 9.02. The fourth-order valence-corrected chi connectivity index (χ4v) is 1.63. The maximum absolute atomic E-state index is 9.02. The second-order valence-electron chi connectivity index (χ2n) is 3.72. The Morgan fingerprint density at radius 1 is 1.50 bits per heavy atom. The van der Waals surface area contributed by atoms with Gasteiger partial charge in [0.05, 0.1) is 24.9 Å². The van der Waals surface area contributed by atoms with E-state index in [2.05, 4.69) is 16.5 Å². The normalized spacial score (nSPS) is 9.78. The highest BCUT2D eigenvalue weighted by Gasteiger charge is 2.03. The summed E-state index contributed by atoms with van der Waals surface area (Å²) in [6.45, 7) is 1.44. The Morgan fingerprint density at radius 3 is 3.06 bits per heavy atom. The van der Waals surface area contributed by atoms with E-state index in [9.17, 15) is 0 Å². The second kappa shape index (κ2) is 5.73. The Balaban J connectivity index is 2.01. The van der Waals surface area contributed by atoms with Crippen molar-refractivity contribution in [2.24, 2.45) is 0 Å². The van der Waals surface area contributed by atoms with E-state index in [1.807, 2.05) is 23.0 Å². The first kappa shape index (κ1) is 12.0. The summed E-state index contributed by atoms with van der Waals surface area (Å²) in [5.74, 6) is 0.732. The Bertz CT molecular complexity index is 543. The molecule has 18 heavy (non-hydrogen) atoms. The van der Waals surface area contributed by atoms with Crippen molar-refractivity contribution in [2.75, 3.05) is 19.0 Å². The summed E-state index contributed by atoms with van der Waals surface area (Å²) in [7, 11) is 1.61. The highest BCUT2D eigenvalue weighted by atomic mass is 16.5. The minimum atomic E-state index is 0.608. The molecule has 0 spiro atoms. The molecule has 0 amide bonds. The van der Waals surface area contributed by atoms with Crippen LogP contribution in [0.25, 0.3) is 0 Å². The Labute approximate surface area is 106 Å². The van der Waals surface area contributed by atoms with Gasteiger partial charge in [-0.2, -0.15) is 10.4 Å². The summed E-state index contributed by atoms with van der Waals surface area (Å²) in [6.07, 6.45) is 3.64. The van der Waals surface area contributed by atoms with Crippen LogP contribution in [0, 0.1) is 11.3 Å². The van der Waals surface area contributed by atoms with Gasteiger partial charge in [-0.25, -0.2) is 0 Å². The third-order valence-corrected chi connectivity index (χ3v) is 2.56. The summed E-state index contributed by atoms with van der Waals surface area (Å²) < 4.78 is 6.97. The number of hydrogen-bond donors (Lipinski definition) is 1. The first-order valence-corrected chi connectivity index (χ1v) is 5.63. The number of anilines is 1. The van der Waals surface area contributed by atoms with E-state index in [0.29, 0.717) is 12.1 Å². The largest absolute Gasteiger partial charge is 0.497 e. The van der Waals surface area contributed by atoms with Crippen molar-refractivity contribution < 1.29 is 4.74 Å². The number of nitriles is 1. The highest BCUT2D eigenvalue weighted by Crippen LogP contribution is 2.21. The molecule has 0 saturated carbocycles. The number of ether oxygens (including phenoxy) is 1. The predicted molar refractivity (Wildman–Crippen MR) is 68.4 cm³/mol. The van der Waals surface area contributed by atoms with E-state index < -0.39 is 0 Å². The molecular formula is C13H14N4O. The van der Waals surface area contributed by atoms with Gasteiger partial charge in [0, 0.05) is 25.0 Å². The van der Waals surface area contributed by atoms with Crippen LogP contribution in [0.4, 0.5) is 5.69 Å². The van der Waals surface area contributed by atoms with Crippen molar-refractivity contribution in [3.8, 4) is 11.8 Å². The summed E-state index contributed by atoms with van der Waals surface area (Å²) in [4.78, 5) is 0. The zero-order valence-electron chi connectivity index (χ0n) is 10.1. The average molecular weight is 242 g/mol. The first-order chi connectivity index (χ1) is 8.83. The molecular weight excluding hydrogens is 228 g/mol. The minimum Gasteiger partial charge on any atom is -0.497 e. The molecule has 0 bridgehead atoms. The van der Waals surface area contributed by atoms with E-state index in [1.54, 1.807) is 25.4 Å². The van der Waals surface area contributed by atoms with Crippen LogP contribution >= 0.6 is 0 Å². The molecule has 5 heteroatoms. The van der Waals surface area contributed by atoms with Crippen LogP contribution in [-0.4, -0.2) is 23.4 Å². The standard InChI is InChI=1S/C13H14N4O/c1-18-12-4-3-11(10-14)13(9-12)15-6-8-17-7-2-5-16-17/h2-5,7,9,15H,6,8H2,1H3. The molecule has 0 aliphatic carbocycles. The fraction of sp³-hybridized carbons (Fsp3) is 0.231. The van der Waals surface area contributed by atoms with Gasteiger partial charge in [-0.3, -0.25) is 4.68 Å². The van der Waals surface area contributed by atoms with Gasteiger partial charge in [0.15, 0.2) is 0 Å². The van der Waals surface area contributed by atoms with Crippen molar-refractivity contribution in [1.29, 1.82) is 5.26 Å². The SMILES string of the molecule is COc1ccc(C#N)c(NCCn2cccn2)c1. The molecule has 1 heterocycles. The molecule has 0 radical (unpaired) electrons. The molecule has 1 aromatic heterocycles. The topological polar surface area (TPSA) is 62.9 Å². The lowest BCUT2D eigenvalue weighted by Crippen LogP contribution is -2.11. The Hall–Kier alpha value is -2.48. The van der Waals surface area contributed by atoms with Gasteiger partial charge in [-0.1, -0.05) is 0 Å². The smallest absolute Gasteiger partial charge is 0.121 e. The number of nitrogens with one attached hydrogen (secondary N) is 1. The lowest BCUT2D eigenvalue weighted by Gasteiger charge is -2.10. The molecule has 5 nitrogen and oxygen atoms in total. The molecule has 0 aliphatic rings. The number of rotatable bonds is 5. The lowest BCUT2D eigenvalue weighted by atomic mass is 10.2. The van der Waals surface area contributed by atoms with Gasteiger partial charge in [0.25, 0.3) is 0 Å². The monoisotopic (exact) mass is 242 g/mol. The van der Waals surface area contributed by atoms with E-state index in [0.717, 1.165) is 18.0 Å². The van der Waals surface area contributed by atoms with E-state index >= 15 is 0 Å². The van der Waals surface area contributed by atoms with E-state index in [-0.39, 0.29) is 0 Å². The summed E-state index contributed by atoms with van der Waals surface area (Å²) >= 11 is 0. The third kappa shape index (κ3) is 2.80. The number of benzene rings is 1. The van der Waals surface area contributed by atoms with Crippen molar-refractivity contribution >= 4 is 5.69 Å². The van der Waals surface area contributed by atoms with E-state index in [4.69, 9.17) is 10.00 Å². The lowest BCUT2D eigenvalue weighted by molar-refractivity contribution is 0.415. The van der Waals surface area contributed by atoms with Crippen molar-refractivity contribution in [3.05, 3.63) is 42.2 Å². The molecule has 2 rings (SSSR count). The summed E-state index contributed by atoms with van der Waals surface area (Å²) in [5.41, 5.74) is 1.39. The zero-order valence-corrected chi connectivity index (χ0v) is 10.1. The van der Waals surface area contributed by atoms with Crippen molar-refractivity contribution in [2.45, 2.75) is 6.54 Å². The number of aromatic nitrogens is 2. The van der Waals surface area contributed by atoms with Crippen molar-refractivity contribution in [1.82, 2.24) is 9.78 Å².